The number of nitrogens with two attached hydrogens (primary N) is 1. The largest absolute Gasteiger partial charge is 0.395 e. The first kappa shape index (κ1) is 13.1. The minimum atomic E-state index is -0.374. The second-order valence-electron chi connectivity index (χ2n) is 4.10. The normalized spacial score (nSPS) is 10.4. The van der Waals surface area contributed by atoms with E-state index in [4.69, 9.17) is 10.8 Å². The summed E-state index contributed by atoms with van der Waals surface area (Å²) in [6.45, 7) is 0.846. The number of hydrogen-bond acceptors (Lipinski definition) is 5. The standard InChI is InChI=1S/C13H16N4O2/c14-11-12(15-9-16-13(11)19)17(6-7-18)8-10-4-2-1-3-5-10/h1-5,9,18H,6-8,14H2,(H,15,16,19). The molecule has 0 aliphatic carbocycles. The third-order valence-electron chi connectivity index (χ3n) is 2.75. The summed E-state index contributed by atoms with van der Waals surface area (Å²) >= 11 is 0. The van der Waals surface area contributed by atoms with Crippen LogP contribution in [0.2, 0.25) is 0 Å². The van der Waals surface area contributed by atoms with E-state index in [-0.39, 0.29) is 17.9 Å². The molecular weight excluding hydrogens is 244 g/mol. The van der Waals surface area contributed by atoms with Gasteiger partial charge in [-0.3, -0.25) is 4.79 Å². The highest BCUT2D eigenvalue weighted by Gasteiger charge is 2.13. The molecule has 6 heteroatoms. The number of aliphatic hydroxyl groups excluding tert-OH is 1. The van der Waals surface area contributed by atoms with Crippen LogP contribution in [-0.4, -0.2) is 28.2 Å². The number of nitrogen functional groups attached to an aromatic ring is 1. The third kappa shape index (κ3) is 3.11. The van der Waals surface area contributed by atoms with E-state index in [1.807, 2.05) is 30.3 Å². The predicted molar refractivity (Wildman–Crippen MR) is 73.8 cm³/mol. The number of nitrogens with zero attached hydrogens (tertiary/aromatic N) is 2. The van der Waals surface area contributed by atoms with E-state index in [1.54, 1.807) is 4.90 Å². The van der Waals surface area contributed by atoms with Gasteiger partial charge < -0.3 is 20.7 Å². The molecule has 4 N–H and O–H groups in total. The Morgan fingerprint density at radius 3 is 2.74 bits per heavy atom. The van der Waals surface area contributed by atoms with Crippen LogP contribution in [0.5, 0.6) is 0 Å². The molecule has 0 saturated heterocycles. The molecule has 0 aliphatic heterocycles. The van der Waals surface area contributed by atoms with Gasteiger partial charge in [-0.2, -0.15) is 0 Å². The Kier molecular flexibility index (Phi) is 4.15. The number of H-pyrrole nitrogens is 1. The van der Waals surface area contributed by atoms with Gasteiger partial charge in [0.1, 0.15) is 5.69 Å². The summed E-state index contributed by atoms with van der Waals surface area (Å²) < 4.78 is 0. The fourth-order valence-electron chi connectivity index (χ4n) is 1.84. The Balaban J connectivity index is 2.30. The van der Waals surface area contributed by atoms with Crippen molar-refractivity contribution >= 4 is 11.5 Å². The molecule has 1 heterocycles. The zero-order valence-corrected chi connectivity index (χ0v) is 10.4. The number of benzene rings is 1. The van der Waals surface area contributed by atoms with Gasteiger partial charge in [0, 0.05) is 13.1 Å². The molecule has 0 radical (unpaired) electrons. The van der Waals surface area contributed by atoms with Crippen LogP contribution >= 0.6 is 0 Å². The molecule has 2 aromatic rings. The molecule has 0 bridgehead atoms. The van der Waals surface area contributed by atoms with E-state index in [9.17, 15) is 4.79 Å². The van der Waals surface area contributed by atoms with E-state index in [0.717, 1.165) is 5.56 Å². The lowest BCUT2D eigenvalue weighted by Crippen LogP contribution is -2.30. The fraction of sp³-hybridized carbons (Fsp3) is 0.231. The second-order valence-corrected chi connectivity index (χ2v) is 4.10. The summed E-state index contributed by atoms with van der Waals surface area (Å²) in [6, 6.07) is 9.73. The van der Waals surface area contributed by atoms with E-state index in [1.165, 1.54) is 6.33 Å². The zero-order chi connectivity index (χ0) is 13.7. The Labute approximate surface area is 110 Å². The van der Waals surface area contributed by atoms with Crippen LogP contribution in [0.3, 0.4) is 0 Å². The van der Waals surface area contributed by atoms with Crippen molar-refractivity contribution in [2.24, 2.45) is 0 Å². The Morgan fingerprint density at radius 2 is 2.05 bits per heavy atom. The van der Waals surface area contributed by atoms with Gasteiger partial charge in [0.2, 0.25) is 0 Å². The first-order chi connectivity index (χ1) is 9.22. The topological polar surface area (TPSA) is 95.2 Å². The number of aromatic nitrogens is 2. The summed E-state index contributed by atoms with van der Waals surface area (Å²) in [5.41, 5.74) is 6.48. The molecular formula is C13H16N4O2. The van der Waals surface area contributed by atoms with Crippen LogP contribution in [0, 0.1) is 0 Å². The number of nitrogens with one attached hydrogen (secondary N) is 1. The summed E-state index contributed by atoms with van der Waals surface area (Å²) in [6.07, 6.45) is 1.31. The van der Waals surface area contributed by atoms with Gasteiger partial charge in [0.25, 0.3) is 5.56 Å². The third-order valence-corrected chi connectivity index (χ3v) is 2.75. The quantitative estimate of drug-likeness (QED) is 0.721. The Hall–Kier alpha value is -2.34. The minimum absolute atomic E-state index is 0.0409. The molecule has 1 aromatic heterocycles. The lowest BCUT2D eigenvalue weighted by atomic mass is 10.2. The highest BCUT2D eigenvalue weighted by Crippen LogP contribution is 2.17. The van der Waals surface area contributed by atoms with Crippen molar-refractivity contribution in [3.8, 4) is 0 Å². The average molecular weight is 260 g/mol. The van der Waals surface area contributed by atoms with Crippen molar-refractivity contribution in [3.63, 3.8) is 0 Å². The molecule has 0 fully saturated rings. The maximum Gasteiger partial charge on any atom is 0.276 e. The van der Waals surface area contributed by atoms with E-state index < -0.39 is 0 Å². The highest BCUT2D eigenvalue weighted by atomic mass is 16.3. The first-order valence-corrected chi connectivity index (χ1v) is 5.95. The molecule has 1 aromatic carbocycles. The zero-order valence-electron chi connectivity index (χ0n) is 10.4. The van der Waals surface area contributed by atoms with E-state index in [0.29, 0.717) is 18.9 Å². The molecule has 0 atom stereocenters. The highest BCUT2D eigenvalue weighted by molar-refractivity contribution is 5.61. The smallest absolute Gasteiger partial charge is 0.276 e. The van der Waals surface area contributed by atoms with Crippen LogP contribution in [0.4, 0.5) is 11.5 Å². The molecule has 100 valence electrons. The molecule has 0 spiro atoms. The molecule has 19 heavy (non-hydrogen) atoms. The van der Waals surface area contributed by atoms with E-state index in [2.05, 4.69) is 9.97 Å². The molecule has 0 unspecified atom stereocenters. The van der Waals surface area contributed by atoms with Gasteiger partial charge in [0.05, 0.1) is 12.9 Å². The van der Waals surface area contributed by atoms with Crippen molar-refractivity contribution in [1.29, 1.82) is 0 Å². The van der Waals surface area contributed by atoms with Gasteiger partial charge in [-0.15, -0.1) is 0 Å². The maximum atomic E-state index is 11.5. The summed E-state index contributed by atoms with van der Waals surface area (Å²) in [5, 5.41) is 9.14. The van der Waals surface area contributed by atoms with Crippen molar-refractivity contribution in [2.45, 2.75) is 6.54 Å². The predicted octanol–water partition coefficient (Wildman–Crippen LogP) is 0.351. The van der Waals surface area contributed by atoms with Gasteiger partial charge >= 0.3 is 0 Å². The van der Waals surface area contributed by atoms with Crippen molar-refractivity contribution in [1.82, 2.24) is 9.97 Å². The van der Waals surface area contributed by atoms with Crippen LogP contribution in [0.15, 0.2) is 41.5 Å². The monoisotopic (exact) mass is 260 g/mol. The van der Waals surface area contributed by atoms with Gasteiger partial charge in [0.15, 0.2) is 5.82 Å². The second kappa shape index (κ2) is 6.01. The molecule has 6 nitrogen and oxygen atoms in total. The van der Waals surface area contributed by atoms with Crippen molar-refractivity contribution in [2.75, 3.05) is 23.8 Å². The van der Waals surface area contributed by atoms with Gasteiger partial charge in [-0.1, -0.05) is 30.3 Å². The van der Waals surface area contributed by atoms with Gasteiger partial charge in [-0.05, 0) is 5.56 Å². The van der Waals surface area contributed by atoms with Crippen LogP contribution in [0.1, 0.15) is 5.56 Å². The molecule has 0 amide bonds. The lowest BCUT2D eigenvalue weighted by Gasteiger charge is -2.23. The number of hydrogen-bond donors (Lipinski definition) is 3. The first-order valence-electron chi connectivity index (χ1n) is 5.95. The summed E-state index contributed by atoms with van der Waals surface area (Å²) in [4.78, 5) is 19.8. The van der Waals surface area contributed by atoms with Crippen molar-refractivity contribution in [3.05, 3.63) is 52.6 Å². The number of aliphatic hydroxyl groups is 1. The number of rotatable bonds is 5. The molecule has 2 rings (SSSR count). The molecule has 0 saturated carbocycles. The molecule has 0 aliphatic rings. The Morgan fingerprint density at radius 1 is 1.32 bits per heavy atom. The van der Waals surface area contributed by atoms with Crippen LogP contribution < -0.4 is 16.2 Å². The maximum absolute atomic E-state index is 11.5. The fourth-order valence-corrected chi connectivity index (χ4v) is 1.84. The SMILES string of the molecule is Nc1c(N(CCO)Cc2ccccc2)nc[nH]c1=O. The number of anilines is 2. The van der Waals surface area contributed by atoms with Crippen LogP contribution in [-0.2, 0) is 6.54 Å². The Bertz CT molecular complexity index is 583. The van der Waals surface area contributed by atoms with E-state index >= 15 is 0 Å². The average Bonchev–Trinajstić information content (AvgIpc) is 2.43. The number of aromatic amines is 1. The van der Waals surface area contributed by atoms with Gasteiger partial charge in [-0.25, -0.2) is 4.98 Å². The lowest BCUT2D eigenvalue weighted by molar-refractivity contribution is 0.301. The van der Waals surface area contributed by atoms with Crippen LogP contribution in [0.25, 0.3) is 0 Å². The minimum Gasteiger partial charge on any atom is -0.395 e. The van der Waals surface area contributed by atoms with Crippen molar-refractivity contribution < 1.29 is 5.11 Å². The summed E-state index contributed by atoms with van der Waals surface area (Å²) in [5.74, 6) is 0.390. The summed E-state index contributed by atoms with van der Waals surface area (Å²) in [7, 11) is 0.